The number of hydrogen-bond acceptors (Lipinski definition) is 3. The summed E-state index contributed by atoms with van der Waals surface area (Å²) in [6.07, 6.45) is 0. The van der Waals surface area contributed by atoms with Gasteiger partial charge in [-0.2, -0.15) is 4.67 Å². The first kappa shape index (κ1) is 24.7. The van der Waals surface area contributed by atoms with E-state index in [1.54, 1.807) is 0 Å². The Hall–Kier alpha value is -4.30. The van der Waals surface area contributed by atoms with Crippen LogP contribution in [-0.4, -0.2) is 0 Å². The number of nitrogens with zero attached hydrogens (tertiary/aromatic N) is 1. The maximum absolute atomic E-state index is 7.01. The molecule has 0 unspecified atom stereocenters. The molecule has 40 heavy (non-hydrogen) atoms. The first-order valence-corrected chi connectivity index (χ1v) is 14.9. The van der Waals surface area contributed by atoms with Gasteiger partial charge >= 0.3 is 8.16 Å². The second kappa shape index (κ2) is 10.4. The molecule has 0 fully saturated rings. The molecule has 3 nitrogen and oxygen atoms in total. The fourth-order valence-corrected chi connectivity index (χ4v) is 7.54. The molecule has 7 rings (SSSR count). The Morgan fingerprint density at radius 2 is 0.875 bits per heavy atom. The highest BCUT2D eigenvalue weighted by Gasteiger charge is 2.29. The first-order valence-electron chi connectivity index (χ1n) is 13.8. The van der Waals surface area contributed by atoms with Crippen LogP contribution in [0, 0.1) is 0 Å². The normalized spacial score (nSPS) is 13.3. The predicted molar refractivity (Wildman–Crippen MR) is 169 cm³/mol. The lowest BCUT2D eigenvalue weighted by Gasteiger charge is -2.31. The molecule has 0 bridgehead atoms. The van der Waals surface area contributed by atoms with Crippen LogP contribution in [-0.2, 0) is 0 Å². The maximum atomic E-state index is 7.01. The fraction of sp³-hybridized carbons (Fsp3) is 0.111. The third-order valence-corrected chi connectivity index (χ3v) is 9.71. The molecule has 1 heterocycles. The van der Waals surface area contributed by atoms with Crippen molar-refractivity contribution in [3.8, 4) is 0 Å². The highest BCUT2D eigenvalue weighted by molar-refractivity contribution is 7.39. The molecule has 0 saturated carbocycles. The second-order valence-corrected chi connectivity index (χ2v) is 11.6. The lowest BCUT2D eigenvalue weighted by atomic mass is 9.99. The molecule has 1 aromatic heterocycles. The van der Waals surface area contributed by atoms with E-state index in [0.29, 0.717) is 0 Å². The summed E-state index contributed by atoms with van der Waals surface area (Å²) in [7, 11) is -1.54. The van der Waals surface area contributed by atoms with Crippen molar-refractivity contribution >= 4 is 51.6 Å². The van der Waals surface area contributed by atoms with Gasteiger partial charge in [-0.05, 0) is 58.7 Å². The van der Waals surface area contributed by atoms with Crippen molar-refractivity contribution in [1.82, 2.24) is 0 Å². The summed E-state index contributed by atoms with van der Waals surface area (Å²) in [5.74, 6) is 0. The zero-order valence-electron chi connectivity index (χ0n) is 22.6. The monoisotopic (exact) mass is 539 g/mol. The van der Waals surface area contributed by atoms with Crippen LogP contribution >= 0.6 is 8.16 Å². The average molecular weight is 540 g/mol. The van der Waals surface area contributed by atoms with E-state index in [1.807, 2.05) is 0 Å². The third-order valence-electron chi connectivity index (χ3n) is 7.93. The quantitative estimate of drug-likeness (QED) is 0.218. The Balaban J connectivity index is 1.60. The van der Waals surface area contributed by atoms with Gasteiger partial charge in [0.05, 0.1) is 0 Å². The largest absolute Gasteiger partial charge is 0.408 e. The van der Waals surface area contributed by atoms with Gasteiger partial charge in [0.15, 0.2) is 0 Å². The summed E-state index contributed by atoms with van der Waals surface area (Å²) in [5, 5.41) is 6.88. The molecule has 0 radical (unpaired) electrons. The number of hydrogen-bond donors (Lipinski definition) is 0. The van der Waals surface area contributed by atoms with E-state index in [9.17, 15) is 0 Å². The van der Waals surface area contributed by atoms with E-state index in [4.69, 9.17) is 8.39 Å². The van der Waals surface area contributed by atoms with Gasteiger partial charge in [0.1, 0.15) is 11.2 Å². The summed E-state index contributed by atoms with van der Waals surface area (Å²) >= 11 is 0. The van der Waals surface area contributed by atoms with Crippen molar-refractivity contribution in [2.75, 3.05) is 4.67 Å². The van der Waals surface area contributed by atoms with Gasteiger partial charge < -0.3 is 8.39 Å². The van der Waals surface area contributed by atoms with Crippen molar-refractivity contribution < 1.29 is 8.39 Å². The summed E-state index contributed by atoms with van der Waals surface area (Å²) in [6, 6.07) is 47.0. The Morgan fingerprint density at radius 1 is 0.475 bits per heavy atom. The Bertz CT molecular complexity index is 1860. The van der Waals surface area contributed by atoms with Crippen molar-refractivity contribution in [2.45, 2.75) is 25.9 Å². The van der Waals surface area contributed by atoms with Crippen molar-refractivity contribution in [3.63, 3.8) is 0 Å². The highest BCUT2D eigenvalue weighted by atomic mass is 31.1. The standard InChI is InChI=1S/C36H30NO2P/c1-25(27-13-5-3-6-14-27)37(26(2)28-15-7-4-8-16-28)40-38-33-23-21-29-17-9-11-19-31(29)35(33)36-32-20-12-10-18-30(32)22-24-34(36)39-40/h3-26H,1-2H3/t25-,26-/m0/s1. The van der Waals surface area contributed by atoms with E-state index in [2.05, 4.69) is 152 Å². The number of benzene rings is 6. The Labute approximate surface area is 234 Å². The highest BCUT2D eigenvalue weighted by Crippen LogP contribution is 2.47. The van der Waals surface area contributed by atoms with E-state index >= 15 is 0 Å². The second-order valence-electron chi connectivity index (χ2n) is 10.3. The Morgan fingerprint density at radius 3 is 1.32 bits per heavy atom. The zero-order valence-corrected chi connectivity index (χ0v) is 23.5. The lowest BCUT2D eigenvalue weighted by Crippen LogP contribution is -2.27. The SMILES string of the molecule is C[C@@H](c1ccccc1)N([C@@H](C)c1ccccc1)p1oc2ccc3ccccc3c2c2c(ccc3ccccc32)o1. The molecule has 0 saturated heterocycles. The molecule has 0 N–H and O–H groups in total. The molecular weight excluding hydrogens is 509 g/mol. The van der Waals surface area contributed by atoms with Gasteiger partial charge in [0.2, 0.25) is 0 Å². The molecule has 0 aliphatic carbocycles. The van der Waals surface area contributed by atoms with E-state index in [-0.39, 0.29) is 12.1 Å². The molecule has 4 heteroatoms. The zero-order chi connectivity index (χ0) is 27.1. The molecule has 7 aromatic rings. The third kappa shape index (κ3) is 4.29. The molecule has 0 aliphatic heterocycles. The van der Waals surface area contributed by atoms with E-state index in [0.717, 1.165) is 32.7 Å². The van der Waals surface area contributed by atoms with Crippen LogP contribution in [0.25, 0.3) is 43.5 Å². The van der Waals surface area contributed by atoms with Crippen molar-refractivity contribution in [2.24, 2.45) is 0 Å². The van der Waals surface area contributed by atoms with Gasteiger partial charge in [-0.3, -0.25) is 0 Å². The molecular formula is C36H30NO2P. The van der Waals surface area contributed by atoms with Crippen molar-refractivity contribution in [1.29, 1.82) is 0 Å². The summed E-state index contributed by atoms with van der Waals surface area (Å²) in [5.41, 5.74) is 4.15. The van der Waals surface area contributed by atoms with Gasteiger partial charge in [0, 0.05) is 22.9 Å². The molecule has 0 amide bonds. The van der Waals surface area contributed by atoms with Gasteiger partial charge in [-0.15, -0.1) is 0 Å². The van der Waals surface area contributed by atoms with E-state index in [1.165, 1.54) is 21.9 Å². The number of fused-ring (bicyclic) bond motifs is 7. The van der Waals surface area contributed by atoms with Crippen LogP contribution < -0.4 is 4.67 Å². The molecule has 0 spiro atoms. The van der Waals surface area contributed by atoms with Crippen LogP contribution in [0.5, 0.6) is 0 Å². The molecule has 2 atom stereocenters. The Kier molecular flexibility index (Phi) is 6.40. The minimum atomic E-state index is -1.54. The fourth-order valence-electron chi connectivity index (χ4n) is 5.84. The minimum absolute atomic E-state index is 0.0495. The average Bonchev–Trinajstić information content (AvgIpc) is 3.19. The van der Waals surface area contributed by atoms with Crippen LogP contribution in [0.2, 0.25) is 0 Å². The molecule has 0 aliphatic rings. The first-order chi connectivity index (χ1) is 19.7. The van der Waals surface area contributed by atoms with Gasteiger partial charge in [-0.25, -0.2) is 0 Å². The van der Waals surface area contributed by atoms with Gasteiger partial charge in [-0.1, -0.05) is 121 Å². The van der Waals surface area contributed by atoms with Crippen LogP contribution in [0.3, 0.4) is 0 Å². The maximum Gasteiger partial charge on any atom is 0.310 e. The van der Waals surface area contributed by atoms with Crippen LogP contribution in [0.4, 0.5) is 0 Å². The van der Waals surface area contributed by atoms with Crippen molar-refractivity contribution in [3.05, 3.63) is 145 Å². The van der Waals surface area contributed by atoms with Gasteiger partial charge in [0.25, 0.3) is 0 Å². The lowest BCUT2D eigenvalue weighted by molar-refractivity contribution is 0.558. The van der Waals surface area contributed by atoms with Crippen LogP contribution in [0.15, 0.2) is 142 Å². The summed E-state index contributed by atoms with van der Waals surface area (Å²) in [6.45, 7) is 4.49. The predicted octanol–water partition coefficient (Wildman–Crippen LogP) is 11.1. The number of rotatable bonds is 5. The van der Waals surface area contributed by atoms with Crippen LogP contribution in [0.1, 0.15) is 37.1 Å². The molecule has 6 aromatic carbocycles. The molecule has 196 valence electrons. The van der Waals surface area contributed by atoms with E-state index < -0.39 is 8.16 Å². The topological polar surface area (TPSA) is 29.5 Å². The smallest absolute Gasteiger partial charge is 0.310 e. The summed E-state index contributed by atoms with van der Waals surface area (Å²) in [4.78, 5) is 0. The summed E-state index contributed by atoms with van der Waals surface area (Å²) < 4.78 is 16.4. The minimum Gasteiger partial charge on any atom is -0.408 e.